The minimum Gasteiger partial charge on any atom is -0.494 e. The van der Waals surface area contributed by atoms with Crippen LogP contribution in [0, 0.1) is 12.8 Å². The number of benzene rings is 2. The SMILES string of the molecule is CCOC(=O)CC(c1cc(OC)c2c(c1)nnn2C)c1ccc(C)c2c1CCC2N(CC1CCCCC1)C(C)=O. The number of aromatic nitrogens is 3. The molecule has 2 atom stereocenters. The van der Waals surface area contributed by atoms with Crippen LogP contribution in [0.25, 0.3) is 11.0 Å². The number of carbonyl (C=O) groups excluding carboxylic acids is 2. The van der Waals surface area contributed by atoms with Crippen LogP contribution in [0.2, 0.25) is 0 Å². The highest BCUT2D eigenvalue weighted by Gasteiger charge is 2.36. The molecule has 1 amide bonds. The van der Waals surface area contributed by atoms with Crippen LogP contribution in [-0.4, -0.2) is 52.0 Å². The van der Waals surface area contributed by atoms with E-state index in [1.807, 2.05) is 26.1 Å². The second kappa shape index (κ2) is 12.0. The van der Waals surface area contributed by atoms with Crippen LogP contribution in [0.4, 0.5) is 0 Å². The first kappa shape index (κ1) is 28.1. The fourth-order valence-electron chi connectivity index (χ4n) is 7.05. The first-order valence-electron chi connectivity index (χ1n) is 14.7. The van der Waals surface area contributed by atoms with Crippen LogP contribution in [0.15, 0.2) is 24.3 Å². The second-order valence-electron chi connectivity index (χ2n) is 11.5. The maximum absolute atomic E-state index is 13.0. The Labute approximate surface area is 237 Å². The van der Waals surface area contributed by atoms with Gasteiger partial charge < -0.3 is 14.4 Å². The van der Waals surface area contributed by atoms with Crippen molar-refractivity contribution in [2.75, 3.05) is 20.3 Å². The number of rotatable bonds is 9. The molecule has 1 fully saturated rings. The van der Waals surface area contributed by atoms with E-state index in [0.717, 1.165) is 41.5 Å². The fourth-order valence-corrected chi connectivity index (χ4v) is 7.05. The Hall–Kier alpha value is -3.42. The van der Waals surface area contributed by atoms with Crippen LogP contribution in [0.1, 0.15) is 98.6 Å². The van der Waals surface area contributed by atoms with E-state index in [4.69, 9.17) is 9.47 Å². The minimum atomic E-state index is -0.239. The number of carbonyl (C=O) groups is 2. The lowest BCUT2D eigenvalue weighted by Gasteiger charge is -2.34. The highest BCUT2D eigenvalue weighted by molar-refractivity contribution is 5.83. The molecule has 2 aromatic carbocycles. The number of ether oxygens (including phenoxy) is 2. The lowest BCUT2D eigenvalue weighted by Crippen LogP contribution is -2.37. The van der Waals surface area contributed by atoms with Gasteiger partial charge in [0.1, 0.15) is 16.8 Å². The number of hydrogen-bond donors (Lipinski definition) is 0. The number of nitrogens with zero attached hydrogens (tertiary/aromatic N) is 4. The van der Waals surface area contributed by atoms with Crippen molar-refractivity contribution in [1.82, 2.24) is 19.9 Å². The number of methoxy groups -OCH3 is 1. The second-order valence-corrected chi connectivity index (χ2v) is 11.5. The fraction of sp³-hybridized carbons (Fsp3) is 0.562. The van der Waals surface area contributed by atoms with Gasteiger partial charge in [-0.1, -0.05) is 36.6 Å². The van der Waals surface area contributed by atoms with Crippen molar-refractivity contribution in [2.24, 2.45) is 13.0 Å². The summed E-state index contributed by atoms with van der Waals surface area (Å²) < 4.78 is 12.9. The van der Waals surface area contributed by atoms with Gasteiger partial charge in [0.25, 0.3) is 0 Å². The Morgan fingerprint density at radius 3 is 2.62 bits per heavy atom. The van der Waals surface area contributed by atoms with Crippen LogP contribution >= 0.6 is 0 Å². The lowest BCUT2D eigenvalue weighted by molar-refractivity contribution is -0.143. The van der Waals surface area contributed by atoms with Crippen LogP contribution in [0.3, 0.4) is 0 Å². The van der Waals surface area contributed by atoms with Gasteiger partial charge in [0.05, 0.1) is 26.2 Å². The van der Waals surface area contributed by atoms with Gasteiger partial charge in [-0.25, -0.2) is 4.68 Å². The standard InChI is InChI=1S/C32H42N4O4/c1-6-40-30(38)18-26(23-16-27-32(29(17-23)39-5)35(4)34-33-27)24-13-12-20(2)31-25(24)14-15-28(31)36(21(3)37)19-22-10-8-7-9-11-22/h12-13,16-17,22,26,28H,6-11,14-15,18-19H2,1-5H3. The summed E-state index contributed by atoms with van der Waals surface area (Å²) in [6.07, 6.45) is 8.21. The van der Waals surface area contributed by atoms with Crippen molar-refractivity contribution in [2.45, 2.75) is 84.1 Å². The third-order valence-corrected chi connectivity index (χ3v) is 8.93. The highest BCUT2D eigenvalue weighted by Crippen LogP contribution is 2.45. The lowest BCUT2D eigenvalue weighted by atomic mass is 9.83. The smallest absolute Gasteiger partial charge is 0.306 e. The zero-order valence-electron chi connectivity index (χ0n) is 24.5. The van der Waals surface area contributed by atoms with Gasteiger partial charge in [0, 0.05) is 26.4 Å². The summed E-state index contributed by atoms with van der Waals surface area (Å²) in [5.74, 6) is 0.918. The van der Waals surface area contributed by atoms with Crippen molar-refractivity contribution in [3.8, 4) is 5.75 Å². The summed E-state index contributed by atoms with van der Waals surface area (Å²) in [5.41, 5.74) is 7.31. The van der Waals surface area contributed by atoms with Crippen molar-refractivity contribution in [3.05, 3.63) is 52.1 Å². The van der Waals surface area contributed by atoms with E-state index in [1.165, 1.54) is 48.8 Å². The molecule has 0 radical (unpaired) electrons. The molecule has 5 rings (SSSR count). The summed E-state index contributed by atoms with van der Waals surface area (Å²) in [6.45, 7) is 6.86. The molecule has 0 spiro atoms. The molecule has 1 saturated carbocycles. The van der Waals surface area contributed by atoms with Crippen LogP contribution in [-0.2, 0) is 27.8 Å². The molecular formula is C32H42N4O4. The topological polar surface area (TPSA) is 86.6 Å². The third kappa shape index (κ3) is 5.45. The van der Waals surface area contributed by atoms with Gasteiger partial charge in [0.2, 0.25) is 5.91 Å². The molecule has 8 heteroatoms. The van der Waals surface area contributed by atoms with Gasteiger partial charge >= 0.3 is 5.97 Å². The van der Waals surface area contributed by atoms with Crippen molar-refractivity contribution in [3.63, 3.8) is 0 Å². The molecule has 0 bridgehead atoms. The van der Waals surface area contributed by atoms with Crippen LogP contribution in [0.5, 0.6) is 5.75 Å². The predicted molar refractivity (Wildman–Crippen MR) is 154 cm³/mol. The van der Waals surface area contributed by atoms with E-state index >= 15 is 0 Å². The van der Waals surface area contributed by atoms with E-state index in [0.29, 0.717) is 18.3 Å². The van der Waals surface area contributed by atoms with Gasteiger partial charge in [-0.2, -0.15) is 0 Å². The largest absolute Gasteiger partial charge is 0.494 e. The number of hydrogen-bond acceptors (Lipinski definition) is 6. The Morgan fingerprint density at radius 1 is 1.15 bits per heavy atom. The zero-order chi connectivity index (χ0) is 28.4. The molecule has 214 valence electrons. The first-order chi connectivity index (χ1) is 19.3. The molecule has 2 aliphatic rings. The average molecular weight is 547 g/mol. The molecule has 2 aliphatic carbocycles. The minimum absolute atomic E-state index is 0.0645. The predicted octanol–water partition coefficient (Wildman–Crippen LogP) is 5.79. The van der Waals surface area contributed by atoms with Crippen LogP contribution < -0.4 is 4.74 Å². The van der Waals surface area contributed by atoms with Gasteiger partial charge in [0.15, 0.2) is 0 Å². The van der Waals surface area contributed by atoms with E-state index in [-0.39, 0.29) is 30.3 Å². The summed E-state index contributed by atoms with van der Waals surface area (Å²) in [6, 6.07) is 8.39. The maximum atomic E-state index is 13.0. The molecule has 0 saturated heterocycles. The number of esters is 1. The number of aryl methyl sites for hydroxylation is 2. The maximum Gasteiger partial charge on any atom is 0.306 e. The quantitative estimate of drug-likeness (QED) is 0.316. The Balaban J connectivity index is 1.58. The third-order valence-electron chi connectivity index (χ3n) is 8.93. The summed E-state index contributed by atoms with van der Waals surface area (Å²) in [4.78, 5) is 28.1. The molecular weight excluding hydrogens is 504 g/mol. The van der Waals surface area contributed by atoms with Crippen molar-refractivity contribution >= 4 is 22.9 Å². The van der Waals surface area contributed by atoms with Crippen molar-refractivity contribution < 1.29 is 19.1 Å². The Bertz CT molecular complexity index is 1390. The summed E-state index contributed by atoms with van der Waals surface area (Å²) in [7, 11) is 3.48. The average Bonchev–Trinajstić information content (AvgIpc) is 3.55. The van der Waals surface area contributed by atoms with Gasteiger partial charge in [-0.05, 0) is 85.4 Å². The molecule has 0 aliphatic heterocycles. The molecule has 1 aromatic heterocycles. The van der Waals surface area contributed by atoms with Gasteiger partial charge in [-0.3, -0.25) is 9.59 Å². The van der Waals surface area contributed by atoms with E-state index in [2.05, 4.69) is 34.3 Å². The molecule has 0 N–H and O–H groups in total. The zero-order valence-corrected chi connectivity index (χ0v) is 24.5. The Kier molecular flexibility index (Phi) is 8.43. The molecule has 40 heavy (non-hydrogen) atoms. The van der Waals surface area contributed by atoms with E-state index in [9.17, 15) is 9.59 Å². The summed E-state index contributed by atoms with van der Waals surface area (Å²) >= 11 is 0. The van der Waals surface area contributed by atoms with E-state index in [1.54, 1.807) is 18.7 Å². The molecule has 3 aromatic rings. The van der Waals surface area contributed by atoms with Gasteiger partial charge in [-0.15, -0.1) is 5.10 Å². The first-order valence-corrected chi connectivity index (χ1v) is 14.7. The van der Waals surface area contributed by atoms with Crippen molar-refractivity contribution in [1.29, 1.82) is 0 Å². The Morgan fingerprint density at radius 2 is 1.93 bits per heavy atom. The number of amides is 1. The molecule has 2 unspecified atom stereocenters. The van der Waals surface area contributed by atoms with E-state index < -0.39 is 0 Å². The molecule has 8 nitrogen and oxygen atoms in total. The highest BCUT2D eigenvalue weighted by atomic mass is 16.5. The summed E-state index contributed by atoms with van der Waals surface area (Å²) in [5, 5.41) is 8.54. The number of fused-ring (bicyclic) bond motifs is 2. The monoisotopic (exact) mass is 546 g/mol. The molecule has 1 heterocycles. The normalized spacial score (nSPS) is 18.0.